The van der Waals surface area contributed by atoms with Gasteiger partial charge in [0.2, 0.25) is 0 Å². The van der Waals surface area contributed by atoms with Crippen LogP contribution in [-0.2, 0) is 16.6 Å². The van der Waals surface area contributed by atoms with Gasteiger partial charge in [0, 0.05) is 6.42 Å². The highest BCUT2D eigenvalue weighted by Gasteiger charge is 2.45. The van der Waals surface area contributed by atoms with Gasteiger partial charge in [-0.3, -0.25) is 4.79 Å². The molecule has 0 bridgehead atoms. The molecule has 17 heavy (non-hydrogen) atoms. The number of ether oxygens (including phenoxy) is 1. The smallest absolute Gasteiger partial charge is 0.143 e. The molecule has 0 aromatic heterocycles. The van der Waals surface area contributed by atoms with Crippen LogP contribution in [0.25, 0.3) is 0 Å². The van der Waals surface area contributed by atoms with Gasteiger partial charge in [-0.1, -0.05) is 18.9 Å². The topological polar surface area (TPSA) is 26.3 Å². The highest BCUT2D eigenvalue weighted by Crippen LogP contribution is 2.47. The average molecular weight is 230 g/mol. The van der Waals surface area contributed by atoms with E-state index in [0.29, 0.717) is 5.78 Å². The van der Waals surface area contributed by atoms with E-state index in [9.17, 15) is 4.79 Å². The van der Waals surface area contributed by atoms with E-state index in [1.807, 2.05) is 6.07 Å². The first-order valence-corrected chi connectivity index (χ1v) is 6.47. The van der Waals surface area contributed by atoms with Crippen molar-refractivity contribution < 1.29 is 9.53 Å². The van der Waals surface area contributed by atoms with Crippen molar-refractivity contribution >= 4 is 5.78 Å². The van der Waals surface area contributed by atoms with E-state index in [-0.39, 0.29) is 5.41 Å². The van der Waals surface area contributed by atoms with E-state index in [4.69, 9.17) is 4.74 Å². The normalized spacial score (nSPS) is 21.6. The number of hydrogen-bond donors (Lipinski definition) is 0. The molecule has 0 unspecified atom stereocenters. The van der Waals surface area contributed by atoms with Gasteiger partial charge in [0.15, 0.2) is 0 Å². The lowest BCUT2D eigenvalue weighted by Crippen LogP contribution is -2.37. The lowest BCUT2D eigenvalue weighted by atomic mass is 9.68. The maximum atomic E-state index is 12.3. The number of hydrogen-bond acceptors (Lipinski definition) is 2. The third-order valence-electron chi connectivity index (χ3n) is 4.44. The number of fused-ring (bicyclic) bond motifs is 2. The highest BCUT2D eigenvalue weighted by atomic mass is 16.5. The second kappa shape index (κ2) is 3.86. The van der Waals surface area contributed by atoms with Crippen LogP contribution in [0.1, 0.15) is 43.2 Å². The third-order valence-corrected chi connectivity index (χ3v) is 4.44. The Labute approximate surface area is 102 Å². The monoisotopic (exact) mass is 230 g/mol. The molecule has 1 saturated carbocycles. The molecule has 0 atom stereocenters. The maximum absolute atomic E-state index is 12.3. The van der Waals surface area contributed by atoms with E-state index >= 15 is 0 Å². The Balaban J connectivity index is 2.15. The number of carbonyl (C=O) groups is 1. The predicted octanol–water partition coefficient (Wildman–Crippen LogP) is 3.02. The summed E-state index contributed by atoms with van der Waals surface area (Å²) < 4.78 is 5.31. The molecule has 0 aliphatic heterocycles. The van der Waals surface area contributed by atoms with Gasteiger partial charge in [-0.2, -0.15) is 0 Å². The minimum absolute atomic E-state index is 0.165. The molecule has 1 aromatic carbocycles. The van der Waals surface area contributed by atoms with Crippen LogP contribution in [0.5, 0.6) is 5.75 Å². The van der Waals surface area contributed by atoms with Crippen LogP contribution < -0.4 is 4.74 Å². The summed E-state index contributed by atoms with van der Waals surface area (Å²) in [5, 5.41) is 0. The van der Waals surface area contributed by atoms with E-state index in [2.05, 4.69) is 12.1 Å². The summed E-state index contributed by atoms with van der Waals surface area (Å²) >= 11 is 0. The predicted molar refractivity (Wildman–Crippen MR) is 66.5 cm³/mol. The first kappa shape index (κ1) is 10.8. The van der Waals surface area contributed by atoms with E-state index in [1.54, 1.807) is 7.11 Å². The molecule has 1 fully saturated rings. The summed E-state index contributed by atoms with van der Waals surface area (Å²) in [6.07, 6.45) is 6.06. The Morgan fingerprint density at radius 3 is 2.65 bits per heavy atom. The number of aryl methyl sites for hydroxylation is 1. The van der Waals surface area contributed by atoms with Crippen molar-refractivity contribution in [2.45, 2.75) is 43.9 Å². The lowest BCUT2D eigenvalue weighted by molar-refractivity contribution is -0.125. The summed E-state index contributed by atoms with van der Waals surface area (Å²) in [6.45, 7) is 0. The molecule has 2 aliphatic carbocycles. The molecule has 1 spiro atoms. The van der Waals surface area contributed by atoms with E-state index < -0.39 is 0 Å². The Morgan fingerprint density at radius 1 is 1.18 bits per heavy atom. The zero-order valence-corrected chi connectivity index (χ0v) is 10.3. The molecule has 2 heteroatoms. The Morgan fingerprint density at radius 2 is 1.94 bits per heavy atom. The van der Waals surface area contributed by atoms with Crippen LogP contribution in [0, 0.1) is 0 Å². The molecule has 0 heterocycles. The standard InChI is InChI=1S/C15H18O2/c1-17-12-6-4-11-5-7-14(16)15(13(11)10-12)8-2-3-9-15/h4,6,10H,2-3,5,7-9H2,1H3. The molecule has 1 aromatic rings. The van der Waals surface area contributed by atoms with Crippen molar-refractivity contribution in [1.82, 2.24) is 0 Å². The molecule has 0 radical (unpaired) electrons. The van der Waals surface area contributed by atoms with Gasteiger partial charge in [-0.25, -0.2) is 0 Å². The van der Waals surface area contributed by atoms with Crippen LogP contribution >= 0.6 is 0 Å². The number of rotatable bonds is 1. The number of ketones is 1. The van der Waals surface area contributed by atoms with Gasteiger partial charge >= 0.3 is 0 Å². The van der Waals surface area contributed by atoms with Gasteiger partial charge < -0.3 is 4.74 Å². The van der Waals surface area contributed by atoms with Crippen molar-refractivity contribution in [3.63, 3.8) is 0 Å². The van der Waals surface area contributed by atoms with Crippen LogP contribution in [0.4, 0.5) is 0 Å². The van der Waals surface area contributed by atoms with E-state index in [1.165, 1.54) is 24.0 Å². The number of methoxy groups -OCH3 is 1. The molecular weight excluding hydrogens is 212 g/mol. The Hall–Kier alpha value is -1.31. The number of carbonyl (C=O) groups excluding carboxylic acids is 1. The number of benzene rings is 1. The fourth-order valence-corrected chi connectivity index (χ4v) is 3.51. The van der Waals surface area contributed by atoms with Crippen LogP contribution in [0.2, 0.25) is 0 Å². The minimum atomic E-state index is -0.165. The SMILES string of the molecule is COc1ccc2c(c1)C1(CCCC1)C(=O)CC2. The Bertz CT molecular complexity index is 456. The first-order valence-electron chi connectivity index (χ1n) is 6.47. The highest BCUT2D eigenvalue weighted by molar-refractivity contribution is 5.92. The lowest BCUT2D eigenvalue weighted by Gasteiger charge is -2.34. The van der Waals surface area contributed by atoms with Gasteiger partial charge in [-0.15, -0.1) is 0 Å². The van der Waals surface area contributed by atoms with Crippen molar-refractivity contribution in [3.8, 4) is 5.75 Å². The fourth-order valence-electron chi connectivity index (χ4n) is 3.51. The Kier molecular flexibility index (Phi) is 2.46. The second-order valence-electron chi connectivity index (χ2n) is 5.24. The summed E-state index contributed by atoms with van der Waals surface area (Å²) in [5.41, 5.74) is 2.44. The zero-order valence-electron chi connectivity index (χ0n) is 10.3. The summed E-state index contributed by atoms with van der Waals surface area (Å²) in [7, 11) is 1.69. The van der Waals surface area contributed by atoms with E-state index in [0.717, 1.165) is 31.4 Å². The minimum Gasteiger partial charge on any atom is -0.497 e. The molecule has 3 rings (SSSR count). The molecule has 0 amide bonds. The molecule has 2 nitrogen and oxygen atoms in total. The molecule has 90 valence electrons. The number of Topliss-reactive ketones (excluding diaryl/α,β-unsaturated/α-hetero) is 1. The van der Waals surface area contributed by atoms with Gasteiger partial charge in [0.05, 0.1) is 12.5 Å². The maximum Gasteiger partial charge on any atom is 0.143 e. The largest absolute Gasteiger partial charge is 0.497 e. The second-order valence-corrected chi connectivity index (χ2v) is 5.24. The van der Waals surface area contributed by atoms with Crippen molar-refractivity contribution in [3.05, 3.63) is 29.3 Å². The molecule has 0 N–H and O–H groups in total. The third kappa shape index (κ3) is 1.50. The molecule has 2 aliphatic rings. The average Bonchev–Trinajstić information content (AvgIpc) is 2.85. The van der Waals surface area contributed by atoms with Crippen LogP contribution in [-0.4, -0.2) is 12.9 Å². The van der Waals surface area contributed by atoms with Crippen molar-refractivity contribution in [1.29, 1.82) is 0 Å². The van der Waals surface area contributed by atoms with Crippen LogP contribution in [0.15, 0.2) is 18.2 Å². The van der Waals surface area contributed by atoms with Crippen LogP contribution in [0.3, 0.4) is 0 Å². The van der Waals surface area contributed by atoms with Gasteiger partial charge in [0.25, 0.3) is 0 Å². The quantitative estimate of drug-likeness (QED) is 0.741. The summed E-state index contributed by atoms with van der Waals surface area (Å²) in [5.74, 6) is 1.33. The fraction of sp³-hybridized carbons (Fsp3) is 0.533. The summed E-state index contributed by atoms with van der Waals surface area (Å²) in [4.78, 5) is 12.3. The first-order chi connectivity index (χ1) is 8.26. The molecule has 0 saturated heterocycles. The van der Waals surface area contributed by atoms with Crippen molar-refractivity contribution in [2.24, 2.45) is 0 Å². The molecular formula is C15H18O2. The van der Waals surface area contributed by atoms with Crippen molar-refractivity contribution in [2.75, 3.05) is 7.11 Å². The summed E-state index contributed by atoms with van der Waals surface area (Å²) in [6, 6.07) is 6.25. The zero-order chi connectivity index (χ0) is 11.9. The van der Waals surface area contributed by atoms with Gasteiger partial charge in [0.1, 0.15) is 11.5 Å². The van der Waals surface area contributed by atoms with Gasteiger partial charge in [-0.05, 0) is 42.5 Å².